The van der Waals surface area contributed by atoms with Gasteiger partial charge in [0.1, 0.15) is 6.10 Å². The maximum absolute atomic E-state index is 11.5. The Hall–Kier alpha value is -3.70. The van der Waals surface area contributed by atoms with Gasteiger partial charge in [0.2, 0.25) is 0 Å². The molecule has 4 aromatic rings. The lowest BCUT2D eigenvalue weighted by Gasteiger charge is -2.21. The number of rotatable bonds is 7. The van der Waals surface area contributed by atoms with Crippen molar-refractivity contribution in [2.24, 2.45) is 7.05 Å². The van der Waals surface area contributed by atoms with Crippen LogP contribution in [0.3, 0.4) is 0 Å². The summed E-state index contributed by atoms with van der Waals surface area (Å²) in [6, 6.07) is 20.2. The fraction of sp³-hybridized carbons (Fsp3) is 0.154. The van der Waals surface area contributed by atoms with E-state index < -0.39 is 11.0 Å². The average Bonchev–Trinajstić information content (AvgIpc) is 3.25. The zero-order valence-corrected chi connectivity index (χ0v) is 20.6. The molecule has 0 fully saturated rings. The summed E-state index contributed by atoms with van der Waals surface area (Å²) < 4.78 is 8.11. The number of aromatic nitrogens is 2. The number of aryl methyl sites for hydroxylation is 2. The molecule has 0 radical (unpaired) electrons. The van der Waals surface area contributed by atoms with Gasteiger partial charge in [0, 0.05) is 23.7 Å². The molecule has 4 rings (SSSR count). The molecule has 0 saturated heterocycles. The number of ether oxygens (including phenoxy) is 1. The summed E-state index contributed by atoms with van der Waals surface area (Å²) in [5.41, 5.74) is 5.24. The minimum atomic E-state index is -0.571. The molecule has 0 spiro atoms. The SMILES string of the molecule is Cc1ccccc1-c1cc(C(OCc2ccc(Cl)cc2[N+](=O)[O-])c2cncn2C)ccc1C#N.Cl. The first-order chi connectivity index (χ1) is 16.4. The Labute approximate surface area is 214 Å². The summed E-state index contributed by atoms with van der Waals surface area (Å²) in [6.07, 6.45) is 2.80. The Morgan fingerprint density at radius 1 is 1.17 bits per heavy atom. The van der Waals surface area contributed by atoms with Crippen LogP contribution in [-0.2, 0) is 18.4 Å². The Morgan fingerprint density at radius 3 is 2.60 bits per heavy atom. The van der Waals surface area contributed by atoms with Crippen LogP contribution in [0.15, 0.2) is 73.2 Å². The first kappa shape index (κ1) is 25.9. The molecule has 0 aliphatic carbocycles. The predicted octanol–water partition coefficient (Wildman–Crippen LogP) is 6.56. The van der Waals surface area contributed by atoms with E-state index in [0.717, 1.165) is 27.9 Å². The molecular weight excluding hydrogens is 487 g/mol. The molecule has 178 valence electrons. The first-order valence-corrected chi connectivity index (χ1v) is 10.9. The molecule has 0 bridgehead atoms. The second kappa shape index (κ2) is 11.2. The van der Waals surface area contributed by atoms with Crippen molar-refractivity contribution in [2.45, 2.75) is 19.6 Å². The number of halogens is 2. The zero-order chi connectivity index (χ0) is 24.2. The van der Waals surface area contributed by atoms with Crippen molar-refractivity contribution >= 4 is 29.7 Å². The minimum Gasteiger partial charge on any atom is -0.362 e. The molecule has 1 unspecified atom stereocenters. The summed E-state index contributed by atoms with van der Waals surface area (Å²) in [5.74, 6) is 0. The third-order valence-corrected chi connectivity index (χ3v) is 5.91. The molecule has 1 heterocycles. The van der Waals surface area contributed by atoms with Crippen molar-refractivity contribution in [3.05, 3.63) is 116 Å². The summed E-state index contributed by atoms with van der Waals surface area (Å²) in [4.78, 5) is 15.3. The summed E-state index contributed by atoms with van der Waals surface area (Å²) in [6.45, 7) is 1.99. The molecule has 0 saturated carbocycles. The lowest BCUT2D eigenvalue weighted by Crippen LogP contribution is -2.11. The summed E-state index contributed by atoms with van der Waals surface area (Å²) in [5, 5.41) is 21.5. The topological polar surface area (TPSA) is 94.0 Å². The molecule has 7 nitrogen and oxygen atoms in total. The largest absolute Gasteiger partial charge is 0.362 e. The molecular formula is C26H22Cl2N4O3. The van der Waals surface area contributed by atoms with Crippen LogP contribution in [0.5, 0.6) is 0 Å². The van der Waals surface area contributed by atoms with E-state index in [1.165, 1.54) is 6.07 Å². The number of nitro groups is 1. The number of benzene rings is 3. The highest BCUT2D eigenvalue weighted by Gasteiger charge is 2.23. The van der Waals surface area contributed by atoms with E-state index in [9.17, 15) is 15.4 Å². The number of nitro benzene ring substituents is 1. The van der Waals surface area contributed by atoms with Crippen LogP contribution in [0, 0.1) is 28.4 Å². The average molecular weight is 509 g/mol. The molecule has 0 amide bonds. The summed E-state index contributed by atoms with van der Waals surface area (Å²) in [7, 11) is 1.86. The number of imidazole rings is 1. The van der Waals surface area contributed by atoms with Crippen LogP contribution in [0.2, 0.25) is 5.02 Å². The van der Waals surface area contributed by atoms with Gasteiger partial charge in [0.25, 0.3) is 5.69 Å². The first-order valence-electron chi connectivity index (χ1n) is 10.5. The Kier molecular flexibility index (Phi) is 8.26. The minimum absolute atomic E-state index is 0. The lowest BCUT2D eigenvalue weighted by atomic mass is 9.93. The quantitative estimate of drug-likeness (QED) is 0.208. The van der Waals surface area contributed by atoms with Gasteiger partial charge in [-0.2, -0.15) is 5.26 Å². The second-order valence-corrected chi connectivity index (χ2v) is 8.32. The van der Waals surface area contributed by atoms with E-state index in [4.69, 9.17) is 16.3 Å². The zero-order valence-electron chi connectivity index (χ0n) is 19.0. The number of nitriles is 1. The smallest absolute Gasteiger partial charge is 0.276 e. The van der Waals surface area contributed by atoms with Gasteiger partial charge in [0.05, 0.1) is 46.9 Å². The van der Waals surface area contributed by atoms with E-state index in [2.05, 4.69) is 11.1 Å². The highest BCUT2D eigenvalue weighted by Crippen LogP contribution is 2.34. The molecule has 3 aromatic carbocycles. The Bertz CT molecular complexity index is 1410. The van der Waals surface area contributed by atoms with Gasteiger partial charge in [0.15, 0.2) is 0 Å². The molecule has 0 aliphatic heterocycles. The van der Waals surface area contributed by atoms with Gasteiger partial charge < -0.3 is 9.30 Å². The van der Waals surface area contributed by atoms with Gasteiger partial charge in [-0.3, -0.25) is 10.1 Å². The van der Waals surface area contributed by atoms with Gasteiger partial charge >= 0.3 is 0 Å². The van der Waals surface area contributed by atoms with E-state index in [1.54, 1.807) is 30.7 Å². The van der Waals surface area contributed by atoms with Crippen molar-refractivity contribution < 1.29 is 9.66 Å². The molecule has 0 aliphatic rings. The lowest BCUT2D eigenvalue weighted by molar-refractivity contribution is -0.386. The summed E-state index contributed by atoms with van der Waals surface area (Å²) >= 11 is 5.96. The van der Waals surface area contributed by atoms with E-state index in [-0.39, 0.29) is 29.7 Å². The normalized spacial score (nSPS) is 11.4. The second-order valence-electron chi connectivity index (χ2n) is 7.88. The van der Waals surface area contributed by atoms with Crippen molar-refractivity contribution in [1.29, 1.82) is 5.26 Å². The third kappa shape index (κ3) is 5.52. The fourth-order valence-corrected chi connectivity index (χ4v) is 4.06. The van der Waals surface area contributed by atoms with Crippen molar-refractivity contribution in [3.8, 4) is 17.2 Å². The number of hydrogen-bond donors (Lipinski definition) is 0. The standard InChI is InChI=1S/C26H21ClN4O3.ClH/c1-17-5-3-4-6-22(17)23-11-18(7-8-19(23)13-28)26(25-14-29-16-30(25)2)34-15-20-9-10-21(27)12-24(20)31(32)33;/h3-12,14,16,26H,15H2,1-2H3;1H. The fourth-order valence-electron chi connectivity index (χ4n) is 3.89. The predicted molar refractivity (Wildman–Crippen MR) is 137 cm³/mol. The van der Waals surface area contributed by atoms with Gasteiger partial charge in [-0.05, 0) is 47.9 Å². The highest BCUT2D eigenvalue weighted by atomic mass is 35.5. The van der Waals surface area contributed by atoms with Gasteiger partial charge in [-0.1, -0.05) is 41.9 Å². The molecule has 0 N–H and O–H groups in total. The van der Waals surface area contributed by atoms with Gasteiger partial charge in [-0.25, -0.2) is 4.98 Å². The van der Waals surface area contributed by atoms with E-state index in [0.29, 0.717) is 11.1 Å². The van der Waals surface area contributed by atoms with Crippen molar-refractivity contribution in [1.82, 2.24) is 9.55 Å². The van der Waals surface area contributed by atoms with Crippen LogP contribution >= 0.6 is 24.0 Å². The molecule has 1 atom stereocenters. The maximum Gasteiger partial charge on any atom is 0.276 e. The highest BCUT2D eigenvalue weighted by molar-refractivity contribution is 6.30. The monoisotopic (exact) mass is 508 g/mol. The molecule has 9 heteroatoms. The van der Waals surface area contributed by atoms with Gasteiger partial charge in [-0.15, -0.1) is 12.4 Å². The molecule has 35 heavy (non-hydrogen) atoms. The molecule has 1 aromatic heterocycles. The Morgan fingerprint density at radius 2 is 1.94 bits per heavy atom. The van der Waals surface area contributed by atoms with Crippen LogP contribution in [0.4, 0.5) is 5.69 Å². The van der Waals surface area contributed by atoms with Crippen molar-refractivity contribution in [2.75, 3.05) is 0 Å². The third-order valence-electron chi connectivity index (χ3n) is 5.67. The van der Waals surface area contributed by atoms with E-state index in [1.807, 2.05) is 54.9 Å². The maximum atomic E-state index is 11.5. The van der Waals surface area contributed by atoms with Crippen LogP contribution in [0.1, 0.15) is 34.1 Å². The number of hydrogen-bond acceptors (Lipinski definition) is 5. The van der Waals surface area contributed by atoms with Crippen LogP contribution < -0.4 is 0 Å². The number of nitrogens with zero attached hydrogens (tertiary/aromatic N) is 4. The van der Waals surface area contributed by atoms with Crippen LogP contribution in [-0.4, -0.2) is 14.5 Å². The van der Waals surface area contributed by atoms with E-state index >= 15 is 0 Å². The van der Waals surface area contributed by atoms with Crippen LogP contribution in [0.25, 0.3) is 11.1 Å². The van der Waals surface area contributed by atoms with Crippen molar-refractivity contribution in [3.63, 3.8) is 0 Å². The Balaban J connectivity index is 0.00000342.